The van der Waals surface area contributed by atoms with Crippen LogP contribution >= 0.6 is 15.9 Å². The number of rotatable bonds is 4. The minimum Gasteiger partial charge on any atom is -0.396 e. The Bertz CT molecular complexity index is 766. The van der Waals surface area contributed by atoms with Crippen LogP contribution in [0.1, 0.15) is 11.4 Å². The van der Waals surface area contributed by atoms with Crippen LogP contribution in [0.25, 0.3) is 0 Å². The van der Waals surface area contributed by atoms with Gasteiger partial charge in [0.15, 0.2) is 0 Å². The van der Waals surface area contributed by atoms with Gasteiger partial charge in [-0.2, -0.15) is 0 Å². The van der Waals surface area contributed by atoms with Crippen LogP contribution in [0.3, 0.4) is 0 Å². The molecule has 0 radical (unpaired) electrons. The Balaban J connectivity index is 2.22. The highest BCUT2D eigenvalue weighted by Gasteiger charge is 2.19. The second-order valence-electron chi connectivity index (χ2n) is 4.28. The molecule has 0 fully saturated rings. The van der Waals surface area contributed by atoms with E-state index >= 15 is 0 Å². The molecular formula is C12H12BrFN4O2S. The van der Waals surface area contributed by atoms with Crippen LogP contribution in [-0.4, -0.2) is 18.4 Å². The molecule has 2 aromatic rings. The molecule has 0 unspecified atom stereocenters. The summed E-state index contributed by atoms with van der Waals surface area (Å²) in [5.41, 5.74) is 6.36. The first-order valence-electron chi connectivity index (χ1n) is 5.81. The molecule has 21 heavy (non-hydrogen) atoms. The molecule has 0 aliphatic rings. The van der Waals surface area contributed by atoms with Crippen LogP contribution in [0.5, 0.6) is 0 Å². The average Bonchev–Trinajstić information content (AvgIpc) is 2.42. The summed E-state index contributed by atoms with van der Waals surface area (Å²) in [5.74, 6) is -0.690. The number of nitrogens with one attached hydrogen (secondary N) is 1. The van der Waals surface area contributed by atoms with Crippen LogP contribution in [0.4, 0.5) is 10.1 Å². The van der Waals surface area contributed by atoms with Crippen molar-refractivity contribution < 1.29 is 12.8 Å². The smallest absolute Gasteiger partial charge is 0.242 e. The topological polar surface area (TPSA) is 98.0 Å². The van der Waals surface area contributed by atoms with E-state index in [1.54, 1.807) is 6.92 Å². The van der Waals surface area contributed by atoms with Crippen molar-refractivity contribution in [1.29, 1.82) is 0 Å². The van der Waals surface area contributed by atoms with Crippen molar-refractivity contribution in [1.82, 2.24) is 14.7 Å². The van der Waals surface area contributed by atoms with Gasteiger partial charge < -0.3 is 5.73 Å². The lowest BCUT2D eigenvalue weighted by Crippen LogP contribution is -2.24. The van der Waals surface area contributed by atoms with Crippen LogP contribution in [0, 0.1) is 12.7 Å². The van der Waals surface area contributed by atoms with Gasteiger partial charge >= 0.3 is 0 Å². The Morgan fingerprint density at radius 2 is 2.05 bits per heavy atom. The van der Waals surface area contributed by atoms with E-state index < -0.39 is 15.8 Å². The predicted octanol–water partition coefficient (Wildman–Crippen LogP) is 1.75. The molecule has 6 nitrogen and oxygen atoms in total. The minimum atomic E-state index is -3.85. The molecular weight excluding hydrogens is 363 g/mol. The summed E-state index contributed by atoms with van der Waals surface area (Å²) in [5, 5.41) is 0. The Labute approximate surface area is 129 Å². The number of nitrogens with two attached hydrogens (primary N) is 1. The van der Waals surface area contributed by atoms with Crippen molar-refractivity contribution in [3.8, 4) is 0 Å². The number of benzene rings is 1. The molecule has 0 amide bonds. The molecule has 0 aliphatic heterocycles. The minimum absolute atomic E-state index is 0.0284. The zero-order chi connectivity index (χ0) is 15.6. The summed E-state index contributed by atoms with van der Waals surface area (Å²) < 4.78 is 40.1. The summed E-state index contributed by atoms with van der Waals surface area (Å²) in [6, 6.07) is 2.07. The third-order valence-electron chi connectivity index (χ3n) is 2.62. The Morgan fingerprint density at radius 3 is 2.67 bits per heavy atom. The molecule has 1 heterocycles. The normalized spacial score (nSPS) is 11.6. The van der Waals surface area contributed by atoms with Gasteiger partial charge in [0.2, 0.25) is 10.0 Å². The summed E-state index contributed by atoms with van der Waals surface area (Å²) in [7, 11) is -3.85. The largest absolute Gasteiger partial charge is 0.396 e. The van der Waals surface area contributed by atoms with Gasteiger partial charge in [-0.3, -0.25) is 9.97 Å². The average molecular weight is 375 g/mol. The molecule has 0 saturated carbocycles. The Morgan fingerprint density at radius 1 is 1.33 bits per heavy atom. The van der Waals surface area contributed by atoms with Crippen LogP contribution in [0.15, 0.2) is 33.9 Å². The fourth-order valence-electron chi connectivity index (χ4n) is 1.51. The lowest BCUT2D eigenvalue weighted by Gasteiger charge is -2.09. The fourth-order valence-corrected chi connectivity index (χ4v) is 3.55. The van der Waals surface area contributed by atoms with E-state index in [1.807, 2.05) is 0 Å². The molecule has 0 bridgehead atoms. The highest BCUT2D eigenvalue weighted by molar-refractivity contribution is 9.10. The van der Waals surface area contributed by atoms with E-state index in [1.165, 1.54) is 12.4 Å². The zero-order valence-electron chi connectivity index (χ0n) is 11.0. The Kier molecular flexibility index (Phi) is 4.55. The molecule has 0 atom stereocenters. The number of aromatic nitrogens is 2. The SMILES string of the molecule is Cc1cnc(CNS(=O)(=O)c2cc(N)c(F)cc2Br)cn1. The van der Waals surface area contributed by atoms with E-state index in [0.717, 1.165) is 17.8 Å². The second-order valence-corrected chi connectivity index (χ2v) is 6.87. The first-order chi connectivity index (χ1) is 9.79. The van der Waals surface area contributed by atoms with Gasteiger partial charge in [-0.1, -0.05) is 0 Å². The second kappa shape index (κ2) is 6.04. The van der Waals surface area contributed by atoms with Gasteiger partial charge in [-0.15, -0.1) is 0 Å². The molecule has 3 N–H and O–H groups in total. The lowest BCUT2D eigenvalue weighted by molar-refractivity contribution is 0.579. The van der Waals surface area contributed by atoms with Crippen LogP contribution in [0.2, 0.25) is 0 Å². The van der Waals surface area contributed by atoms with E-state index in [0.29, 0.717) is 5.69 Å². The highest BCUT2D eigenvalue weighted by Crippen LogP contribution is 2.26. The summed E-state index contributed by atoms with van der Waals surface area (Å²) >= 11 is 3.01. The van der Waals surface area contributed by atoms with Crippen molar-refractivity contribution in [2.24, 2.45) is 0 Å². The number of aryl methyl sites for hydroxylation is 1. The number of sulfonamides is 1. The van der Waals surface area contributed by atoms with Crippen LogP contribution < -0.4 is 10.5 Å². The molecule has 1 aromatic carbocycles. The maximum Gasteiger partial charge on any atom is 0.242 e. The maximum atomic E-state index is 13.2. The van der Waals surface area contributed by atoms with Crippen molar-refractivity contribution in [3.63, 3.8) is 0 Å². The molecule has 9 heteroatoms. The number of anilines is 1. The highest BCUT2D eigenvalue weighted by atomic mass is 79.9. The third kappa shape index (κ3) is 3.74. The monoisotopic (exact) mass is 374 g/mol. The summed E-state index contributed by atoms with van der Waals surface area (Å²) in [4.78, 5) is 7.93. The quantitative estimate of drug-likeness (QED) is 0.794. The third-order valence-corrected chi connectivity index (χ3v) is 4.98. The van der Waals surface area contributed by atoms with E-state index in [4.69, 9.17) is 5.73 Å². The number of halogens is 2. The van der Waals surface area contributed by atoms with E-state index in [9.17, 15) is 12.8 Å². The van der Waals surface area contributed by atoms with Crippen molar-refractivity contribution >= 4 is 31.6 Å². The number of hydrogen-bond donors (Lipinski definition) is 2. The number of hydrogen-bond acceptors (Lipinski definition) is 5. The van der Waals surface area contributed by atoms with Gasteiger partial charge in [0.25, 0.3) is 0 Å². The Hall–Kier alpha value is -1.58. The molecule has 1 aromatic heterocycles. The first kappa shape index (κ1) is 15.8. The molecule has 112 valence electrons. The zero-order valence-corrected chi connectivity index (χ0v) is 13.4. The van der Waals surface area contributed by atoms with Crippen molar-refractivity contribution in [2.75, 3.05) is 5.73 Å². The summed E-state index contributed by atoms with van der Waals surface area (Å²) in [6.07, 6.45) is 3.02. The maximum absolute atomic E-state index is 13.2. The van der Waals surface area contributed by atoms with Crippen molar-refractivity contribution in [3.05, 3.63) is 46.2 Å². The molecule has 0 aliphatic carbocycles. The predicted molar refractivity (Wildman–Crippen MR) is 79.3 cm³/mol. The number of nitrogen functional groups attached to an aromatic ring is 1. The molecule has 2 rings (SSSR count). The van der Waals surface area contributed by atoms with E-state index in [2.05, 4.69) is 30.6 Å². The number of nitrogens with zero attached hydrogens (tertiary/aromatic N) is 2. The van der Waals surface area contributed by atoms with E-state index in [-0.39, 0.29) is 21.6 Å². The van der Waals surface area contributed by atoms with Crippen molar-refractivity contribution in [2.45, 2.75) is 18.4 Å². The first-order valence-corrected chi connectivity index (χ1v) is 8.09. The van der Waals surface area contributed by atoms with Gasteiger partial charge in [-0.25, -0.2) is 17.5 Å². The summed E-state index contributed by atoms with van der Waals surface area (Å²) in [6.45, 7) is 1.75. The lowest BCUT2D eigenvalue weighted by atomic mass is 10.3. The van der Waals surface area contributed by atoms with Gasteiger partial charge in [0.05, 0.1) is 34.7 Å². The van der Waals surface area contributed by atoms with Crippen LogP contribution in [-0.2, 0) is 16.6 Å². The molecule has 0 spiro atoms. The van der Waals surface area contributed by atoms with Gasteiger partial charge in [0.1, 0.15) is 5.82 Å². The van der Waals surface area contributed by atoms with Gasteiger partial charge in [-0.05, 0) is 35.0 Å². The fraction of sp³-hybridized carbons (Fsp3) is 0.167. The molecule has 0 saturated heterocycles. The standard InChI is InChI=1S/C12H12BrFN4O2S/c1-7-4-17-8(5-16-7)6-18-21(19,20)12-3-11(15)10(14)2-9(12)13/h2-5,18H,6,15H2,1H3. The van der Waals surface area contributed by atoms with Gasteiger partial charge in [0, 0.05) is 10.7 Å².